The molecule has 1 rings (SSSR count). The maximum absolute atomic E-state index is 11.1. The molecule has 0 spiro atoms. The van der Waals surface area contributed by atoms with Gasteiger partial charge in [0.2, 0.25) is 0 Å². The predicted octanol–water partition coefficient (Wildman–Crippen LogP) is 0.791. The fourth-order valence-electron chi connectivity index (χ4n) is 1.81. The summed E-state index contributed by atoms with van der Waals surface area (Å²) < 4.78 is 27.8. The summed E-state index contributed by atoms with van der Waals surface area (Å²) in [4.78, 5) is 4.13. The number of nitrogens with one attached hydrogen (secondary N) is 2. The molecule has 0 amide bonds. The molecule has 124 valence electrons. The van der Waals surface area contributed by atoms with E-state index in [0.717, 1.165) is 32.1 Å². The maximum atomic E-state index is 11.1. The normalized spacial score (nSPS) is 17.6. The summed E-state index contributed by atoms with van der Waals surface area (Å²) in [6.45, 7) is 4.42. The molecular formula is C14H29N3O3S. The van der Waals surface area contributed by atoms with Crippen LogP contribution in [-0.4, -0.2) is 59.2 Å². The highest BCUT2D eigenvalue weighted by Crippen LogP contribution is 2.28. The van der Waals surface area contributed by atoms with Crippen LogP contribution in [0, 0.1) is 5.92 Å². The molecule has 0 radical (unpaired) electrons. The van der Waals surface area contributed by atoms with E-state index in [9.17, 15) is 8.42 Å². The lowest BCUT2D eigenvalue weighted by molar-refractivity contribution is 0.123. The van der Waals surface area contributed by atoms with Gasteiger partial charge in [0.05, 0.1) is 5.75 Å². The summed E-state index contributed by atoms with van der Waals surface area (Å²) >= 11 is 0. The maximum Gasteiger partial charge on any atom is 0.191 e. The van der Waals surface area contributed by atoms with Gasteiger partial charge in [-0.05, 0) is 38.5 Å². The van der Waals surface area contributed by atoms with Crippen molar-refractivity contribution in [3.05, 3.63) is 0 Å². The third-order valence-corrected chi connectivity index (χ3v) is 4.31. The lowest BCUT2D eigenvalue weighted by Gasteiger charge is -2.17. The van der Waals surface area contributed by atoms with Crippen LogP contribution in [0.2, 0.25) is 0 Å². The molecule has 1 unspecified atom stereocenters. The van der Waals surface area contributed by atoms with Crippen LogP contribution in [0.25, 0.3) is 0 Å². The second-order valence-electron chi connectivity index (χ2n) is 5.83. The van der Waals surface area contributed by atoms with Crippen molar-refractivity contribution in [3.63, 3.8) is 0 Å². The van der Waals surface area contributed by atoms with Gasteiger partial charge < -0.3 is 15.4 Å². The highest BCUT2D eigenvalue weighted by atomic mass is 32.2. The standard InChI is InChI=1S/C14H29N3O3S/c1-12(7-10-21(3,18)19)17-14(15-2)16-8-4-9-20-11-13-5-6-13/h12-13H,4-11H2,1-3H3,(H2,15,16,17). The number of rotatable bonds is 10. The average molecular weight is 319 g/mol. The lowest BCUT2D eigenvalue weighted by Crippen LogP contribution is -2.43. The highest BCUT2D eigenvalue weighted by Gasteiger charge is 2.20. The van der Waals surface area contributed by atoms with Crippen molar-refractivity contribution in [1.82, 2.24) is 10.6 Å². The Labute approximate surface area is 128 Å². The Kier molecular flexibility index (Phi) is 8.03. The molecule has 1 saturated carbocycles. The number of ether oxygens (including phenoxy) is 1. The quantitative estimate of drug-likeness (QED) is 0.353. The van der Waals surface area contributed by atoms with E-state index in [1.165, 1.54) is 19.1 Å². The van der Waals surface area contributed by atoms with E-state index in [2.05, 4.69) is 15.6 Å². The van der Waals surface area contributed by atoms with Crippen molar-refractivity contribution in [3.8, 4) is 0 Å². The van der Waals surface area contributed by atoms with Crippen LogP contribution < -0.4 is 10.6 Å². The summed E-state index contributed by atoms with van der Waals surface area (Å²) in [5.41, 5.74) is 0. The molecular weight excluding hydrogens is 290 g/mol. The van der Waals surface area contributed by atoms with E-state index < -0.39 is 9.84 Å². The minimum Gasteiger partial charge on any atom is -0.381 e. The fraction of sp³-hybridized carbons (Fsp3) is 0.929. The Morgan fingerprint density at radius 2 is 2.14 bits per heavy atom. The third kappa shape index (κ3) is 10.5. The van der Waals surface area contributed by atoms with Gasteiger partial charge in [0, 0.05) is 39.1 Å². The zero-order valence-corrected chi connectivity index (χ0v) is 14.2. The minimum atomic E-state index is -2.91. The number of nitrogens with zero attached hydrogens (tertiary/aromatic N) is 1. The van der Waals surface area contributed by atoms with E-state index in [1.807, 2.05) is 6.92 Å². The summed E-state index contributed by atoms with van der Waals surface area (Å²) in [5, 5.41) is 6.40. The first-order valence-electron chi connectivity index (χ1n) is 7.63. The zero-order valence-electron chi connectivity index (χ0n) is 13.4. The van der Waals surface area contributed by atoms with Crippen LogP contribution in [-0.2, 0) is 14.6 Å². The van der Waals surface area contributed by atoms with E-state index in [0.29, 0.717) is 12.4 Å². The zero-order chi connectivity index (χ0) is 15.7. The van der Waals surface area contributed by atoms with Gasteiger partial charge in [-0.15, -0.1) is 0 Å². The third-order valence-electron chi connectivity index (χ3n) is 3.34. The summed E-state index contributed by atoms with van der Waals surface area (Å²) in [7, 11) is -1.20. The average Bonchev–Trinajstić information content (AvgIpc) is 3.22. The largest absolute Gasteiger partial charge is 0.381 e. The van der Waals surface area contributed by atoms with Crippen LogP contribution in [0.3, 0.4) is 0 Å². The van der Waals surface area contributed by atoms with Crippen LogP contribution in [0.1, 0.15) is 32.6 Å². The number of aliphatic imine (C=N–C) groups is 1. The summed E-state index contributed by atoms with van der Waals surface area (Å²) in [6.07, 6.45) is 5.41. The second-order valence-corrected chi connectivity index (χ2v) is 8.09. The van der Waals surface area contributed by atoms with E-state index >= 15 is 0 Å². The Morgan fingerprint density at radius 1 is 1.43 bits per heavy atom. The second kappa shape index (κ2) is 9.25. The van der Waals surface area contributed by atoms with Crippen molar-refractivity contribution in [1.29, 1.82) is 0 Å². The molecule has 1 atom stereocenters. The Bertz CT molecular complexity index is 419. The summed E-state index contributed by atoms with van der Waals surface area (Å²) in [5.74, 6) is 1.70. The molecule has 0 aromatic carbocycles. The molecule has 2 N–H and O–H groups in total. The Morgan fingerprint density at radius 3 is 2.71 bits per heavy atom. The molecule has 0 heterocycles. The first kappa shape index (κ1) is 18.2. The molecule has 1 fully saturated rings. The van der Waals surface area contributed by atoms with Gasteiger partial charge in [-0.25, -0.2) is 8.42 Å². The van der Waals surface area contributed by atoms with Crippen molar-refractivity contribution in [2.45, 2.75) is 38.6 Å². The van der Waals surface area contributed by atoms with Crippen molar-refractivity contribution in [2.24, 2.45) is 10.9 Å². The van der Waals surface area contributed by atoms with E-state index in [-0.39, 0.29) is 11.8 Å². The molecule has 0 aromatic rings. The molecule has 7 heteroatoms. The predicted molar refractivity (Wildman–Crippen MR) is 86.4 cm³/mol. The van der Waals surface area contributed by atoms with Crippen molar-refractivity contribution in [2.75, 3.05) is 38.8 Å². The number of hydrogen-bond donors (Lipinski definition) is 2. The highest BCUT2D eigenvalue weighted by molar-refractivity contribution is 7.90. The number of sulfone groups is 1. The first-order chi connectivity index (χ1) is 9.90. The van der Waals surface area contributed by atoms with Crippen molar-refractivity contribution < 1.29 is 13.2 Å². The molecule has 0 aliphatic heterocycles. The monoisotopic (exact) mass is 319 g/mol. The smallest absolute Gasteiger partial charge is 0.191 e. The Hall–Kier alpha value is -0.820. The molecule has 1 aliphatic carbocycles. The van der Waals surface area contributed by atoms with Gasteiger partial charge >= 0.3 is 0 Å². The van der Waals surface area contributed by atoms with E-state index in [4.69, 9.17) is 4.74 Å². The molecule has 0 bridgehead atoms. The van der Waals surface area contributed by atoms with Crippen LogP contribution in [0.4, 0.5) is 0 Å². The topological polar surface area (TPSA) is 79.8 Å². The van der Waals surface area contributed by atoms with Crippen LogP contribution >= 0.6 is 0 Å². The number of guanidine groups is 1. The first-order valence-corrected chi connectivity index (χ1v) is 9.69. The number of hydrogen-bond acceptors (Lipinski definition) is 4. The summed E-state index contributed by atoms with van der Waals surface area (Å²) in [6, 6.07) is 0.0667. The van der Waals surface area contributed by atoms with Gasteiger partial charge in [0.1, 0.15) is 9.84 Å². The van der Waals surface area contributed by atoms with Gasteiger partial charge in [0.15, 0.2) is 5.96 Å². The van der Waals surface area contributed by atoms with Gasteiger partial charge in [-0.2, -0.15) is 0 Å². The van der Waals surface area contributed by atoms with Gasteiger partial charge in [0.25, 0.3) is 0 Å². The molecule has 0 saturated heterocycles. The van der Waals surface area contributed by atoms with Crippen LogP contribution in [0.15, 0.2) is 4.99 Å². The minimum absolute atomic E-state index is 0.0667. The Balaban J connectivity index is 2.06. The molecule has 6 nitrogen and oxygen atoms in total. The van der Waals surface area contributed by atoms with E-state index in [1.54, 1.807) is 7.05 Å². The molecule has 21 heavy (non-hydrogen) atoms. The fourth-order valence-corrected chi connectivity index (χ4v) is 2.59. The van der Waals surface area contributed by atoms with Gasteiger partial charge in [-0.3, -0.25) is 4.99 Å². The molecule has 1 aliphatic rings. The van der Waals surface area contributed by atoms with Crippen LogP contribution in [0.5, 0.6) is 0 Å². The van der Waals surface area contributed by atoms with Crippen molar-refractivity contribution >= 4 is 15.8 Å². The lowest BCUT2D eigenvalue weighted by atomic mass is 10.3. The SMILES string of the molecule is CN=C(NCCCOCC1CC1)NC(C)CCS(C)(=O)=O. The van der Waals surface area contributed by atoms with Gasteiger partial charge in [-0.1, -0.05) is 0 Å². The molecule has 0 aromatic heterocycles.